The molecular formula is C23H16BrCl2NO2. The zero-order valence-electron chi connectivity index (χ0n) is 15.5. The molecule has 0 fully saturated rings. The van der Waals surface area contributed by atoms with E-state index in [1.807, 2.05) is 42.5 Å². The zero-order chi connectivity index (χ0) is 20.8. The Morgan fingerprint density at radius 2 is 1.79 bits per heavy atom. The fourth-order valence-corrected chi connectivity index (χ4v) is 3.45. The fourth-order valence-electron chi connectivity index (χ4n) is 2.68. The van der Waals surface area contributed by atoms with Crippen molar-refractivity contribution in [1.29, 1.82) is 5.26 Å². The number of hydrogen-bond acceptors (Lipinski definition) is 3. The van der Waals surface area contributed by atoms with E-state index < -0.39 is 0 Å². The molecule has 0 aliphatic carbocycles. The maximum Gasteiger partial charge on any atom is 0.161 e. The van der Waals surface area contributed by atoms with Crippen molar-refractivity contribution in [3.05, 3.63) is 91.9 Å². The summed E-state index contributed by atoms with van der Waals surface area (Å²) in [5.74, 6) is 1.20. The molecule has 0 bridgehead atoms. The minimum Gasteiger partial charge on any atom is -0.493 e. The first-order valence-electron chi connectivity index (χ1n) is 8.62. The van der Waals surface area contributed by atoms with E-state index in [2.05, 4.69) is 22.0 Å². The van der Waals surface area contributed by atoms with Gasteiger partial charge in [-0.2, -0.15) is 5.26 Å². The van der Waals surface area contributed by atoms with E-state index in [0.29, 0.717) is 39.3 Å². The smallest absolute Gasteiger partial charge is 0.161 e. The molecule has 0 aliphatic rings. The van der Waals surface area contributed by atoms with Gasteiger partial charge in [0, 0.05) is 15.1 Å². The molecular weight excluding hydrogens is 473 g/mol. The van der Waals surface area contributed by atoms with Crippen LogP contribution in [-0.2, 0) is 6.61 Å². The maximum atomic E-state index is 9.58. The first-order valence-corrected chi connectivity index (χ1v) is 10.2. The molecule has 6 heteroatoms. The normalized spacial score (nSPS) is 11.1. The van der Waals surface area contributed by atoms with Crippen LogP contribution in [0.3, 0.4) is 0 Å². The molecule has 0 aliphatic heterocycles. The molecule has 0 spiro atoms. The van der Waals surface area contributed by atoms with E-state index in [1.165, 1.54) is 0 Å². The fraction of sp³-hybridized carbons (Fsp3) is 0.0870. The average Bonchev–Trinajstić information content (AvgIpc) is 2.72. The molecule has 0 amide bonds. The van der Waals surface area contributed by atoms with E-state index >= 15 is 0 Å². The lowest BCUT2D eigenvalue weighted by atomic mass is 10.0. The quantitative estimate of drug-likeness (QED) is 0.268. The number of rotatable bonds is 6. The Balaban J connectivity index is 1.84. The monoisotopic (exact) mass is 487 g/mol. The van der Waals surface area contributed by atoms with E-state index in [9.17, 15) is 5.26 Å². The largest absolute Gasteiger partial charge is 0.493 e. The second-order valence-electron chi connectivity index (χ2n) is 6.12. The van der Waals surface area contributed by atoms with Crippen molar-refractivity contribution in [1.82, 2.24) is 0 Å². The van der Waals surface area contributed by atoms with Gasteiger partial charge in [-0.3, -0.25) is 0 Å². The van der Waals surface area contributed by atoms with Crippen molar-refractivity contribution in [2.24, 2.45) is 0 Å². The molecule has 3 aromatic carbocycles. The highest BCUT2D eigenvalue weighted by atomic mass is 79.9. The molecule has 0 unspecified atom stereocenters. The van der Waals surface area contributed by atoms with Crippen molar-refractivity contribution in [3.63, 3.8) is 0 Å². The lowest BCUT2D eigenvalue weighted by molar-refractivity contribution is 0.284. The summed E-state index contributed by atoms with van der Waals surface area (Å²) in [6.45, 7) is 0.419. The molecule has 0 saturated heterocycles. The highest BCUT2D eigenvalue weighted by molar-refractivity contribution is 9.10. The van der Waals surface area contributed by atoms with Crippen LogP contribution in [0.5, 0.6) is 11.5 Å². The van der Waals surface area contributed by atoms with Gasteiger partial charge in [-0.05, 0) is 53.6 Å². The Morgan fingerprint density at radius 1 is 1.03 bits per heavy atom. The summed E-state index contributed by atoms with van der Waals surface area (Å²) >= 11 is 15.6. The summed E-state index contributed by atoms with van der Waals surface area (Å²) in [4.78, 5) is 0. The lowest BCUT2D eigenvalue weighted by Crippen LogP contribution is -1.98. The molecule has 3 rings (SSSR count). The van der Waals surface area contributed by atoms with Gasteiger partial charge in [0.2, 0.25) is 0 Å². The van der Waals surface area contributed by atoms with E-state index in [1.54, 1.807) is 31.4 Å². The van der Waals surface area contributed by atoms with Crippen LogP contribution in [0.1, 0.15) is 16.7 Å². The topological polar surface area (TPSA) is 42.2 Å². The van der Waals surface area contributed by atoms with Crippen LogP contribution in [0.4, 0.5) is 0 Å². The van der Waals surface area contributed by atoms with Crippen molar-refractivity contribution >= 4 is 50.8 Å². The van der Waals surface area contributed by atoms with Crippen LogP contribution in [0, 0.1) is 11.3 Å². The number of halogens is 3. The van der Waals surface area contributed by atoms with Crippen LogP contribution in [0.2, 0.25) is 10.0 Å². The van der Waals surface area contributed by atoms with Gasteiger partial charge in [0.1, 0.15) is 6.61 Å². The average molecular weight is 489 g/mol. The third kappa shape index (κ3) is 5.55. The minimum absolute atomic E-state index is 0.419. The Morgan fingerprint density at radius 3 is 2.45 bits per heavy atom. The van der Waals surface area contributed by atoms with Gasteiger partial charge < -0.3 is 9.47 Å². The number of hydrogen-bond donors (Lipinski definition) is 0. The van der Waals surface area contributed by atoms with Crippen LogP contribution >= 0.6 is 39.1 Å². The predicted octanol–water partition coefficient (Wildman–Crippen LogP) is 7.41. The molecule has 0 atom stereocenters. The Labute approximate surface area is 188 Å². The molecule has 0 radical (unpaired) electrons. The van der Waals surface area contributed by atoms with Crippen LogP contribution in [0.15, 0.2) is 65.1 Å². The van der Waals surface area contributed by atoms with Gasteiger partial charge in [-0.15, -0.1) is 0 Å². The maximum absolute atomic E-state index is 9.58. The van der Waals surface area contributed by atoms with Crippen LogP contribution in [0.25, 0.3) is 11.6 Å². The number of allylic oxidation sites excluding steroid dienone is 1. The van der Waals surface area contributed by atoms with E-state index in [-0.39, 0.29) is 0 Å². The number of ether oxygens (including phenoxy) is 2. The molecule has 146 valence electrons. The Kier molecular flexibility index (Phi) is 7.22. The highest BCUT2D eigenvalue weighted by Crippen LogP contribution is 2.32. The molecule has 0 N–H and O–H groups in total. The van der Waals surface area contributed by atoms with Crippen LogP contribution in [-0.4, -0.2) is 7.11 Å². The minimum atomic E-state index is 0.419. The summed E-state index contributed by atoms with van der Waals surface area (Å²) in [6.07, 6.45) is 1.75. The summed E-state index contributed by atoms with van der Waals surface area (Å²) in [7, 11) is 1.58. The van der Waals surface area contributed by atoms with Crippen molar-refractivity contribution in [2.75, 3.05) is 7.11 Å². The van der Waals surface area contributed by atoms with Crippen LogP contribution < -0.4 is 9.47 Å². The lowest BCUT2D eigenvalue weighted by Gasteiger charge is -2.12. The second kappa shape index (κ2) is 9.84. The molecule has 3 aromatic rings. The van der Waals surface area contributed by atoms with Crippen molar-refractivity contribution in [3.8, 4) is 17.6 Å². The standard InChI is InChI=1S/C23H16BrCl2NO2/c1-28-23-11-16(10-17(13-27)20-8-7-19(25)12-21(20)26)4-9-22(23)29-14-15-2-5-18(24)6-3-15/h2-12H,14H2,1H3/b17-10+. The first kappa shape index (κ1) is 21.3. The molecule has 0 heterocycles. The summed E-state index contributed by atoms with van der Waals surface area (Å²) < 4.78 is 12.4. The zero-order valence-corrected chi connectivity index (χ0v) is 18.6. The van der Waals surface area contributed by atoms with Gasteiger partial charge in [0.25, 0.3) is 0 Å². The highest BCUT2D eigenvalue weighted by Gasteiger charge is 2.10. The molecule has 0 aromatic heterocycles. The molecule has 3 nitrogen and oxygen atoms in total. The number of benzene rings is 3. The predicted molar refractivity (Wildman–Crippen MR) is 121 cm³/mol. The number of nitrogens with zero attached hydrogens (tertiary/aromatic N) is 1. The SMILES string of the molecule is COc1cc(/C=C(\C#N)c2ccc(Cl)cc2Cl)ccc1OCc1ccc(Br)cc1. The molecule has 0 saturated carbocycles. The van der Waals surface area contributed by atoms with Gasteiger partial charge in [-0.25, -0.2) is 0 Å². The van der Waals surface area contributed by atoms with Gasteiger partial charge in [0.05, 0.1) is 23.8 Å². The number of methoxy groups -OCH3 is 1. The van der Waals surface area contributed by atoms with Gasteiger partial charge in [-0.1, -0.05) is 63.4 Å². The summed E-state index contributed by atoms with van der Waals surface area (Å²) in [6, 6.07) is 20.6. The van der Waals surface area contributed by atoms with E-state index in [0.717, 1.165) is 15.6 Å². The van der Waals surface area contributed by atoms with Gasteiger partial charge >= 0.3 is 0 Å². The van der Waals surface area contributed by atoms with E-state index in [4.69, 9.17) is 32.7 Å². The third-order valence-electron chi connectivity index (χ3n) is 4.15. The van der Waals surface area contributed by atoms with Crippen molar-refractivity contribution in [2.45, 2.75) is 6.61 Å². The summed E-state index contributed by atoms with van der Waals surface area (Å²) in [5.41, 5.74) is 2.88. The second-order valence-corrected chi connectivity index (χ2v) is 7.88. The third-order valence-corrected chi connectivity index (χ3v) is 5.22. The first-order chi connectivity index (χ1) is 14.0. The summed E-state index contributed by atoms with van der Waals surface area (Å²) in [5, 5.41) is 10.5. The Hall–Kier alpha value is -2.45. The van der Waals surface area contributed by atoms with Gasteiger partial charge in [0.15, 0.2) is 11.5 Å². The molecule has 29 heavy (non-hydrogen) atoms. The van der Waals surface area contributed by atoms with Crippen molar-refractivity contribution < 1.29 is 9.47 Å². The number of nitriles is 1. The Bertz CT molecular complexity index is 1090.